The van der Waals surface area contributed by atoms with E-state index in [-0.39, 0.29) is 0 Å². The Labute approximate surface area is 384 Å². The molecule has 2 heterocycles. The van der Waals surface area contributed by atoms with E-state index in [1.54, 1.807) is 0 Å². The molecule has 0 amide bonds. The second kappa shape index (κ2) is 19.6. The van der Waals surface area contributed by atoms with Crippen molar-refractivity contribution in [2.45, 2.75) is 6.42 Å². The molecular weight excluding hydrogens is 809 g/mol. The molecule has 0 saturated carbocycles. The van der Waals surface area contributed by atoms with E-state index in [0.717, 1.165) is 95.6 Å². The van der Waals surface area contributed by atoms with Crippen LogP contribution in [0.1, 0.15) is 17.5 Å². The van der Waals surface area contributed by atoms with Crippen molar-refractivity contribution in [3.05, 3.63) is 231 Å². The molecular formula is C58H46N8. The van der Waals surface area contributed by atoms with E-state index in [1.807, 2.05) is 152 Å². The number of allylic oxidation sites excluding steroid dienone is 2. The van der Waals surface area contributed by atoms with Crippen LogP contribution in [0.5, 0.6) is 0 Å². The summed E-state index contributed by atoms with van der Waals surface area (Å²) >= 11 is 0. The van der Waals surface area contributed by atoms with Crippen molar-refractivity contribution < 1.29 is 0 Å². The molecule has 10 aromatic rings. The summed E-state index contributed by atoms with van der Waals surface area (Å²) in [5.74, 6) is 1.75. The summed E-state index contributed by atoms with van der Waals surface area (Å²) < 4.78 is 2.24. The SMILES string of the molecule is C=CCC=C.N=Cc1cc(-c2ccc3c(c2)c2ccc(Nc4ccccc4)c(C=N)c2n3-c2cccc(-c3nc(-c4ccccc4)nc(-c4ccccc4)n3)c2)ccc1Nc1ccccc1. The van der Waals surface area contributed by atoms with E-state index in [1.165, 1.54) is 12.4 Å². The standard InChI is InChI=1S/C53H38N8.C5H8/c54-33-40-30-37(24-27-47(40)56-41-19-9-3-10-20-41)38-25-29-49-45(32-38)44-26-28-48(57-42-21-11-4-12-22-42)46(34-55)50(44)61(49)43-23-13-18-39(31-43)53-59-51(35-14-5-1-6-15-35)58-52(60-53)36-16-7-2-8-17-36;1-3-5-4-2/h1-34,54-57H;3-4H,1-2,5H2. The van der Waals surface area contributed by atoms with Crippen molar-refractivity contribution >= 4 is 57.0 Å². The van der Waals surface area contributed by atoms with E-state index in [9.17, 15) is 0 Å². The lowest BCUT2D eigenvalue weighted by Gasteiger charge is -2.15. The first-order valence-electron chi connectivity index (χ1n) is 21.7. The van der Waals surface area contributed by atoms with Gasteiger partial charge in [-0.2, -0.15) is 0 Å². The summed E-state index contributed by atoms with van der Waals surface area (Å²) in [6.45, 7) is 6.96. The number of hydrogen-bond donors (Lipinski definition) is 4. The van der Waals surface area contributed by atoms with Crippen molar-refractivity contribution in [2.75, 3.05) is 10.6 Å². The first-order valence-corrected chi connectivity index (χ1v) is 21.7. The fraction of sp³-hybridized carbons (Fsp3) is 0.0172. The van der Waals surface area contributed by atoms with Crippen LogP contribution in [-0.2, 0) is 0 Å². The summed E-state index contributed by atoms with van der Waals surface area (Å²) in [5, 5.41) is 26.2. The normalized spacial score (nSPS) is 10.7. The van der Waals surface area contributed by atoms with Gasteiger partial charge in [-0.05, 0) is 84.3 Å². The quantitative estimate of drug-likeness (QED) is 0.0681. The maximum atomic E-state index is 8.84. The molecule has 10 rings (SSSR count). The Morgan fingerprint density at radius 1 is 0.455 bits per heavy atom. The lowest BCUT2D eigenvalue weighted by atomic mass is 9.99. The smallest absolute Gasteiger partial charge is 0.164 e. The molecule has 2 aromatic heterocycles. The van der Waals surface area contributed by atoms with Gasteiger partial charge in [-0.15, -0.1) is 13.2 Å². The number of hydrogen-bond acceptors (Lipinski definition) is 7. The third-order valence-corrected chi connectivity index (χ3v) is 11.2. The molecule has 8 nitrogen and oxygen atoms in total. The van der Waals surface area contributed by atoms with Gasteiger partial charge in [-0.25, -0.2) is 15.0 Å². The molecule has 318 valence electrons. The fourth-order valence-electron chi connectivity index (χ4n) is 8.01. The van der Waals surface area contributed by atoms with Gasteiger partial charge >= 0.3 is 0 Å². The minimum atomic E-state index is 0.559. The van der Waals surface area contributed by atoms with Gasteiger partial charge in [0, 0.05) is 79.5 Å². The maximum absolute atomic E-state index is 8.84. The minimum absolute atomic E-state index is 0.559. The number of anilines is 4. The molecule has 0 bridgehead atoms. The van der Waals surface area contributed by atoms with Crippen LogP contribution in [0.2, 0.25) is 0 Å². The number of nitrogens with zero attached hydrogens (tertiary/aromatic N) is 4. The maximum Gasteiger partial charge on any atom is 0.164 e. The lowest BCUT2D eigenvalue weighted by molar-refractivity contribution is 1.07. The molecule has 0 unspecified atom stereocenters. The Morgan fingerprint density at radius 2 is 0.970 bits per heavy atom. The van der Waals surface area contributed by atoms with Crippen molar-refractivity contribution in [3.8, 4) is 51.0 Å². The highest BCUT2D eigenvalue weighted by atomic mass is 15.0. The summed E-state index contributed by atoms with van der Waals surface area (Å²) in [5.41, 5.74) is 12.6. The predicted octanol–water partition coefficient (Wildman–Crippen LogP) is 14.9. The zero-order valence-corrected chi connectivity index (χ0v) is 36.2. The van der Waals surface area contributed by atoms with E-state index >= 15 is 0 Å². The molecule has 0 atom stereocenters. The van der Waals surface area contributed by atoms with Crippen molar-refractivity contribution in [2.24, 2.45) is 0 Å². The second-order valence-electron chi connectivity index (χ2n) is 15.5. The van der Waals surface area contributed by atoms with Gasteiger partial charge in [-0.1, -0.05) is 140 Å². The zero-order chi connectivity index (χ0) is 45.2. The molecule has 8 heteroatoms. The minimum Gasteiger partial charge on any atom is -0.355 e. The molecule has 0 aliphatic carbocycles. The predicted molar refractivity (Wildman–Crippen MR) is 276 cm³/mol. The van der Waals surface area contributed by atoms with Crippen LogP contribution in [0.3, 0.4) is 0 Å². The number of fused-ring (bicyclic) bond motifs is 3. The topological polar surface area (TPSA) is 115 Å². The number of benzene rings is 8. The van der Waals surface area contributed by atoms with Crippen LogP contribution < -0.4 is 10.6 Å². The Bertz CT molecular complexity index is 3280. The van der Waals surface area contributed by atoms with E-state index < -0.39 is 0 Å². The van der Waals surface area contributed by atoms with Crippen LogP contribution in [0.4, 0.5) is 22.7 Å². The van der Waals surface area contributed by atoms with E-state index in [2.05, 4.69) is 83.0 Å². The van der Waals surface area contributed by atoms with Crippen molar-refractivity contribution in [1.29, 1.82) is 10.8 Å². The van der Waals surface area contributed by atoms with Gasteiger partial charge in [0.1, 0.15) is 0 Å². The van der Waals surface area contributed by atoms with E-state index in [0.29, 0.717) is 17.5 Å². The highest BCUT2D eigenvalue weighted by Gasteiger charge is 2.20. The third kappa shape index (κ3) is 8.93. The van der Waals surface area contributed by atoms with Gasteiger partial charge in [0.15, 0.2) is 17.5 Å². The molecule has 0 aliphatic rings. The zero-order valence-electron chi connectivity index (χ0n) is 36.2. The Morgan fingerprint density at radius 3 is 1.53 bits per heavy atom. The van der Waals surface area contributed by atoms with Crippen LogP contribution >= 0.6 is 0 Å². The summed E-state index contributed by atoms with van der Waals surface area (Å²) in [7, 11) is 0. The van der Waals surface area contributed by atoms with Gasteiger partial charge in [0.05, 0.1) is 11.0 Å². The first-order chi connectivity index (χ1) is 32.5. The molecule has 4 N–H and O–H groups in total. The fourth-order valence-corrected chi connectivity index (χ4v) is 8.01. The molecule has 0 fully saturated rings. The van der Waals surface area contributed by atoms with Gasteiger partial charge < -0.3 is 26.0 Å². The van der Waals surface area contributed by atoms with Crippen LogP contribution in [0.25, 0.3) is 72.8 Å². The van der Waals surface area contributed by atoms with E-state index in [4.69, 9.17) is 25.8 Å². The molecule has 0 radical (unpaired) electrons. The highest BCUT2D eigenvalue weighted by Crippen LogP contribution is 2.40. The molecule has 8 aromatic carbocycles. The van der Waals surface area contributed by atoms with Crippen LogP contribution in [0, 0.1) is 10.8 Å². The summed E-state index contributed by atoms with van der Waals surface area (Å²) in [6, 6.07) is 65.1. The van der Waals surface area contributed by atoms with Gasteiger partial charge in [0.25, 0.3) is 0 Å². The van der Waals surface area contributed by atoms with Gasteiger partial charge in [0.2, 0.25) is 0 Å². The molecule has 66 heavy (non-hydrogen) atoms. The summed E-state index contributed by atoms with van der Waals surface area (Å²) in [4.78, 5) is 15.0. The molecule has 0 aliphatic heterocycles. The average Bonchev–Trinajstić information content (AvgIpc) is 3.71. The second-order valence-corrected chi connectivity index (χ2v) is 15.5. The Kier molecular flexibility index (Phi) is 12.5. The molecule has 0 spiro atoms. The highest BCUT2D eigenvalue weighted by molar-refractivity contribution is 6.17. The monoisotopic (exact) mass is 854 g/mol. The summed E-state index contributed by atoms with van der Waals surface area (Å²) in [6.07, 6.45) is 7.37. The number of rotatable bonds is 13. The average molecular weight is 855 g/mol. The molecule has 0 saturated heterocycles. The Hall–Kier alpha value is -9.01. The van der Waals surface area contributed by atoms with Gasteiger partial charge in [-0.3, -0.25) is 0 Å². The third-order valence-electron chi connectivity index (χ3n) is 11.2. The van der Waals surface area contributed by atoms with Crippen LogP contribution in [0.15, 0.2) is 219 Å². The lowest BCUT2D eigenvalue weighted by Crippen LogP contribution is -2.02. The number of para-hydroxylation sites is 2. The number of nitrogens with one attached hydrogen (secondary N) is 4. The van der Waals surface area contributed by atoms with Crippen LogP contribution in [-0.4, -0.2) is 31.9 Å². The van der Waals surface area contributed by atoms with Crippen molar-refractivity contribution in [1.82, 2.24) is 19.5 Å². The number of aromatic nitrogens is 4. The largest absolute Gasteiger partial charge is 0.355 e. The Balaban J connectivity index is 0.00000104. The first kappa shape index (κ1) is 42.3. The van der Waals surface area contributed by atoms with Crippen molar-refractivity contribution in [3.63, 3.8) is 0 Å².